The third kappa shape index (κ3) is 2.68. The molecule has 0 fully saturated rings. The summed E-state index contributed by atoms with van der Waals surface area (Å²) < 4.78 is 39.0. The van der Waals surface area contributed by atoms with E-state index in [1.54, 1.807) is 30.5 Å². The van der Waals surface area contributed by atoms with Crippen molar-refractivity contribution in [1.29, 1.82) is 0 Å². The Hall–Kier alpha value is -2.40. The first-order chi connectivity index (χ1) is 11.0. The van der Waals surface area contributed by atoms with E-state index in [-0.39, 0.29) is 17.1 Å². The lowest BCUT2D eigenvalue weighted by atomic mass is 10.0. The van der Waals surface area contributed by atoms with Gasteiger partial charge in [0.25, 0.3) is 0 Å². The van der Waals surface area contributed by atoms with Gasteiger partial charge < -0.3 is 9.47 Å². The van der Waals surface area contributed by atoms with Crippen molar-refractivity contribution in [2.75, 3.05) is 14.2 Å². The fourth-order valence-electron chi connectivity index (χ4n) is 2.41. The SMILES string of the molecule is COc1cc(OC)c(F)c(-c2ccc3cc(Cl)ncc3c2)c1F. The van der Waals surface area contributed by atoms with Gasteiger partial charge in [0.2, 0.25) is 0 Å². The molecule has 0 bridgehead atoms. The van der Waals surface area contributed by atoms with Crippen LogP contribution in [0.2, 0.25) is 5.15 Å². The minimum atomic E-state index is -0.785. The van der Waals surface area contributed by atoms with Crippen LogP contribution < -0.4 is 9.47 Å². The van der Waals surface area contributed by atoms with Crippen molar-refractivity contribution in [3.63, 3.8) is 0 Å². The molecule has 0 atom stereocenters. The van der Waals surface area contributed by atoms with E-state index in [1.807, 2.05) is 0 Å². The van der Waals surface area contributed by atoms with Crippen LogP contribution in [0.1, 0.15) is 0 Å². The van der Waals surface area contributed by atoms with Crippen LogP contribution >= 0.6 is 11.6 Å². The van der Waals surface area contributed by atoms with Crippen LogP contribution in [0.5, 0.6) is 11.5 Å². The molecule has 3 nitrogen and oxygen atoms in total. The number of fused-ring (bicyclic) bond motifs is 1. The lowest BCUT2D eigenvalue weighted by molar-refractivity contribution is 0.360. The molecular formula is C17H12ClF2NO2. The van der Waals surface area contributed by atoms with E-state index < -0.39 is 11.6 Å². The number of nitrogens with zero attached hydrogens (tertiary/aromatic N) is 1. The van der Waals surface area contributed by atoms with E-state index in [9.17, 15) is 8.78 Å². The lowest BCUT2D eigenvalue weighted by Crippen LogP contribution is -1.99. The van der Waals surface area contributed by atoms with Gasteiger partial charge in [0.1, 0.15) is 5.15 Å². The molecular weight excluding hydrogens is 324 g/mol. The van der Waals surface area contributed by atoms with Gasteiger partial charge in [-0.25, -0.2) is 13.8 Å². The minimum Gasteiger partial charge on any atom is -0.494 e. The molecule has 1 aromatic heterocycles. The smallest absolute Gasteiger partial charge is 0.176 e. The van der Waals surface area contributed by atoms with E-state index in [2.05, 4.69) is 4.98 Å². The average Bonchev–Trinajstić information content (AvgIpc) is 2.55. The summed E-state index contributed by atoms with van der Waals surface area (Å²) in [5, 5.41) is 1.89. The van der Waals surface area contributed by atoms with Gasteiger partial charge in [-0.1, -0.05) is 23.7 Å². The van der Waals surface area contributed by atoms with Crippen LogP contribution in [-0.4, -0.2) is 19.2 Å². The first-order valence-electron chi connectivity index (χ1n) is 6.70. The fourth-order valence-corrected chi connectivity index (χ4v) is 2.58. The van der Waals surface area contributed by atoms with Crippen LogP contribution in [0.3, 0.4) is 0 Å². The second-order valence-corrected chi connectivity index (χ2v) is 5.24. The van der Waals surface area contributed by atoms with Gasteiger partial charge in [-0.3, -0.25) is 0 Å². The van der Waals surface area contributed by atoms with Gasteiger partial charge in [0.05, 0.1) is 19.8 Å². The molecule has 23 heavy (non-hydrogen) atoms. The summed E-state index contributed by atoms with van der Waals surface area (Å²) in [5.41, 5.74) is 0.145. The summed E-state index contributed by atoms with van der Waals surface area (Å²) in [5.74, 6) is -1.75. The van der Waals surface area contributed by atoms with E-state index >= 15 is 0 Å². The van der Waals surface area contributed by atoms with Crippen LogP contribution in [0.4, 0.5) is 8.78 Å². The molecule has 1 heterocycles. The van der Waals surface area contributed by atoms with E-state index in [0.29, 0.717) is 16.1 Å². The van der Waals surface area contributed by atoms with Crippen molar-refractivity contribution in [1.82, 2.24) is 4.98 Å². The molecule has 3 rings (SSSR count). The number of hydrogen-bond acceptors (Lipinski definition) is 3. The molecule has 3 aromatic rings. The summed E-state index contributed by atoms with van der Waals surface area (Å²) in [6.45, 7) is 0. The van der Waals surface area contributed by atoms with Crippen molar-refractivity contribution >= 4 is 22.4 Å². The van der Waals surface area contributed by atoms with Crippen molar-refractivity contribution in [2.24, 2.45) is 0 Å². The zero-order valence-corrected chi connectivity index (χ0v) is 13.1. The number of aromatic nitrogens is 1. The number of methoxy groups -OCH3 is 2. The van der Waals surface area contributed by atoms with Crippen LogP contribution in [0, 0.1) is 11.6 Å². The van der Waals surface area contributed by atoms with Crippen molar-refractivity contribution in [3.8, 4) is 22.6 Å². The lowest BCUT2D eigenvalue weighted by Gasteiger charge is -2.13. The maximum Gasteiger partial charge on any atom is 0.176 e. The Balaban J connectivity index is 2.27. The molecule has 0 amide bonds. The Labute approximate surface area is 136 Å². The molecule has 0 saturated carbocycles. The van der Waals surface area contributed by atoms with E-state index in [0.717, 1.165) is 5.39 Å². The molecule has 0 spiro atoms. The molecule has 0 radical (unpaired) electrons. The standard InChI is InChI=1S/C17H12ClF2NO2/c1-22-12-7-13(23-2)17(20)15(16(12)19)10-4-3-9-6-14(18)21-8-11(9)5-10/h3-8H,1-2H3. The number of hydrogen-bond donors (Lipinski definition) is 0. The normalized spacial score (nSPS) is 10.8. The van der Waals surface area contributed by atoms with E-state index in [4.69, 9.17) is 21.1 Å². The molecule has 0 saturated heterocycles. The summed E-state index contributed by atoms with van der Waals surface area (Å²) in [6.07, 6.45) is 1.55. The Morgan fingerprint density at radius 1 is 0.913 bits per heavy atom. The molecule has 0 N–H and O–H groups in total. The monoisotopic (exact) mass is 335 g/mol. The first kappa shape index (κ1) is 15.5. The highest BCUT2D eigenvalue weighted by molar-refractivity contribution is 6.30. The number of pyridine rings is 1. The van der Waals surface area contributed by atoms with Gasteiger partial charge in [0.15, 0.2) is 23.1 Å². The van der Waals surface area contributed by atoms with Gasteiger partial charge in [-0.2, -0.15) is 0 Å². The van der Waals surface area contributed by atoms with Crippen molar-refractivity contribution in [2.45, 2.75) is 0 Å². The predicted octanol–water partition coefficient (Wildman–Crippen LogP) is 4.85. The molecule has 0 aliphatic rings. The van der Waals surface area contributed by atoms with Gasteiger partial charge in [-0.15, -0.1) is 0 Å². The van der Waals surface area contributed by atoms with Gasteiger partial charge in [-0.05, 0) is 23.1 Å². The quantitative estimate of drug-likeness (QED) is 0.641. The fraction of sp³-hybridized carbons (Fsp3) is 0.118. The van der Waals surface area contributed by atoms with Crippen molar-refractivity contribution in [3.05, 3.63) is 53.3 Å². The Bertz CT molecular complexity index is 871. The highest BCUT2D eigenvalue weighted by Crippen LogP contribution is 2.38. The van der Waals surface area contributed by atoms with Crippen molar-refractivity contribution < 1.29 is 18.3 Å². The molecule has 0 unspecified atom stereocenters. The highest BCUT2D eigenvalue weighted by atomic mass is 35.5. The van der Waals surface area contributed by atoms with E-state index in [1.165, 1.54) is 20.3 Å². The second kappa shape index (κ2) is 6.01. The number of ether oxygens (including phenoxy) is 2. The maximum atomic E-state index is 14.5. The van der Waals surface area contributed by atoms with Crippen LogP contribution in [0.25, 0.3) is 21.9 Å². The summed E-state index contributed by atoms with van der Waals surface area (Å²) in [7, 11) is 2.62. The third-order valence-corrected chi connectivity index (χ3v) is 3.76. The first-order valence-corrected chi connectivity index (χ1v) is 7.08. The Morgan fingerprint density at radius 3 is 2.17 bits per heavy atom. The number of benzene rings is 2. The van der Waals surface area contributed by atoms with Gasteiger partial charge in [0, 0.05) is 17.6 Å². The van der Waals surface area contributed by atoms with Crippen LogP contribution in [0.15, 0.2) is 36.5 Å². The van der Waals surface area contributed by atoms with Crippen LogP contribution in [-0.2, 0) is 0 Å². The summed E-state index contributed by atoms with van der Waals surface area (Å²) >= 11 is 5.84. The number of rotatable bonds is 3. The largest absolute Gasteiger partial charge is 0.494 e. The molecule has 6 heteroatoms. The molecule has 0 aliphatic carbocycles. The Morgan fingerprint density at radius 2 is 1.57 bits per heavy atom. The maximum absolute atomic E-state index is 14.5. The number of halogens is 3. The minimum absolute atomic E-state index is 0.0902. The average molecular weight is 336 g/mol. The summed E-state index contributed by atoms with van der Waals surface area (Å²) in [6, 6.07) is 7.83. The zero-order valence-electron chi connectivity index (χ0n) is 12.4. The van der Waals surface area contributed by atoms with Gasteiger partial charge >= 0.3 is 0 Å². The Kier molecular flexibility index (Phi) is 4.05. The molecule has 118 valence electrons. The molecule has 2 aromatic carbocycles. The highest BCUT2D eigenvalue weighted by Gasteiger charge is 2.21. The third-order valence-electron chi connectivity index (χ3n) is 3.55. The topological polar surface area (TPSA) is 31.4 Å². The second-order valence-electron chi connectivity index (χ2n) is 4.85. The summed E-state index contributed by atoms with van der Waals surface area (Å²) in [4.78, 5) is 3.98. The zero-order chi connectivity index (χ0) is 16.6. The molecule has 0 aliphatic heterocycles. The predicted molar refractivity (Wildman–Crippen MR) is 85.2 cm³/mol.